The van der Waals surface area contributed by atoms with Gasteiger partial charge in [-0.25, -0.2) is 9.10 Å². The molecule has 0 unspecified atom stereocenters. The smallest absolute Gasteiger partial charge is 0.433 e. The molecule has 2 rings (SSSR count). The van der Waals surface area contributed by atoms with E-state index in [2.05, 4.69) is 4.98 Å². The molecule has 0 bridgehead atoms. The Morgan fingerprint density at radius 3 is 2.80 bits per heavy atom. The second-order valence-corrected chi connectivity index (χ2v) is 5.08. The van der Waals surface area contributed by atoms with Crippen molar-refractivity contribution in [1.29, 1.82) is 0 Å². The van der Waals surface area contributed by atoms with Crippen molar-refractivity contribution < 1.29 is 27.3 Å². The third-order valence-electron chi connectivity index (χ3n) is 3.04. The zero-order valence-corrected chi connectivity index (χ0v) is 11.1. The quantitative estimate of drug-likeness (QED) is 0.672. The molecule has 1 fully saturated rings. The van der Waals surface area contributed by atoms with Gasteiger partial charge in [0.1, 0.15) is 17.9 Å². The maximum atomic E-state index is 12.4. The number of alkyl halides is 3. The van der Waals surface area contributed by atoms with Gasteiger partial charge in [-0.05, 0) is 11.6 Å². The first-order chi connectivity index (χ1) is 9.30. The molecule has 0 aromatic carbocycles. The summed E-state index contributed by atoms with van der Waals surface area (Å²) >= 11 is 0.722. The van der Waals surface area contributed by atoms with Crippen LogP contribution in [0.25, 0.3) is 0 Å². The molecule has 0 saturated carbocycles. The predicted octanol–water partition coefficient (Wildman–Crippen LogP) is 3.15. The highest BCUT2D eigenvalue weighted by molar-refractivity contribution is 7.93. The minimum absolute atomic E-state index is 0.180. The standard InChI is InChI=1S/C11H11F3N2O3S/c1-6(8-5-19-20-16(8)10(17)18)7-2-3-9(15-4-7)11(12,13)14/h2-4,6,8H,5H2,1H3,(H,17,18)/t6-,8+/m0/s1. The van der Waals surface area contributed by atoms with E-state index >= 15 is 0 Å². The topological polar surface area (TPSA) is 62.7 Å². The minimum Gasteiger partial charge on any atom is -0.464 e. The highest BCUT2D eigenvalue weighted by Gasteiger charge is 2.37. The zero-order chi connectivity index (χ0) is 14.9. The van der Waals surface area contributed by atoms with Crippen LogP contribution in [0.3, 0.4) is 0 Å². The van der Waals surface area contributed by atoms with Crippen molar-refractivity contribution in [1.82, 2.24) is 9.29 Å². The number of rotatable bonds is 2. The Balaban J connectivity index is 2.17. The van der Waals surface area contributed by atoms with Gasteiger partial charge < -0.3 is 5.11 Å². The van der Waals surface area contributed by atoms with Gasteiger partial charge in [-0.1, -0.05) is 13.0 Å². The maximum Gasteiger partial charge on any atom is 0.433 e. The van der Waals surface area contributed by atoms with E-state index < -0.39 is 24.0 Å². The van der Waals surface area contributed by atoms with Gasteiger partial charge in [-0.3, -0.25) is 9.17 Å². The molecule has 0 spiro atoms. The molecule has 9 heteroatoms. The van der Waals surface area contributed by atoms with Crippen LogP contribution in [0.5, 0.6) is 0 Å². The van der Waals surface area contributed by atoms with Gasteiger partial charge >= 0.3 is 12.3 Å². The molecule has 110 valence electrons. The second-order valence-electron chi connectivity index (χ2n) is 4.30. The molecule has 0 radical (unpaired) electrons. The van der Waals surface area contributed by atoms with Crippen LogP contribution in [0.2, 0.25) is 0 Å². The van der Waals surface area contributed by atoms with E-state index in [1.165, 1.54) is 6.07 Å². The maximum absolute atomic E-state index is 12.4. The van der Waals surface area contributed by atoms with Crippen molar-refractivity contribution in [2.45, 2.75) is 25.1 Å². The van der Waals surface area contributed by atoms with E-state index in [-0.39, 0.29) is 12.5 Å². The molecular weight excluding hydrogens is 297 g/mol. The summed E-state index contributed by atoms with van der Waals surface area (Å²) < 4.78 is 43.3. The largest absolute Gasteiger partial charge is 0.464 e. The summed E-state index contributed by atoms with van der Waals surface area (Å²) in [4.78, 5) is 14.4. The molecule has 1 saturated heterocycles. The Hall–Kier alpha value is -1.48. The fraction of sp³-hybridized carbons (Fsp3) is 0.455. The summed E-state index contributed by atoms with van der Waals surface area (Å²) in [5.74, 6) is -0.323. The van der Waals surface area contributed by atoms with E-state index in [4.69, 9.17) is 9.29 Å². The number of aromatic nitrogens is 1. The highest BCUT2D eigenvalue weighted by Crippen LogP contribution is 2.35. The fourth-order valence-electron chi connectivity index (χ4n) is 1.87. The Morgan fingerprint density at radius 2 is 2.30 bits per heavy atom. The summed E-state index contributed by atoms with van der Waals surface area (Å²) in [6.07, 6.45) is -4.51. The SMILES string of the molecule is C[C@@H](c1ccc(C(F)(F)F)nc1)[C@H]1COSN1C(=O)O. The number of carboxylic acid groups (broad SMARTS) is 1. The van der Waals surface area contributed by atoms with Crippen LogP contribution in [0.4, 0.5) is 18.0 Å². The van der Waals surface area contributed by atoms with Gasteiger partial charge in [-0.15, -0.1) is 0 Å². The Morgan fingerprint density at radius 1 is 1.60 bits per heavy atom. The van der Waals surface area contributed by atoms with Crippen molar-refractivity contribution in [3.05, 3.63) is 29.6 Å². The number of hydrogen-bond acceptors (Lipinski definition) is 4. The van der Waals surface area contributed by atoms with E-state index in [1.54, 1.807) is 6.92 Å². The van der Waals surface area contributed by atoms with Crippen molar-refractivity contribution in [3.63, 3.8) is 0 Å². The molecular formula is C11H11F3N2O3S. The molecule has 1 aromatic rings. The first kappa shape index (κ1) is 14.9. The van der Waals surface area contributed by atoms with Crippen LogP contribution in [-0.4, -0.2) is 33.1 Å². The molecule has 1 aromatic heterocycles. The monoisotopic (exact) mass is 308 g/mol. The van der Waals surface area contributed by atoms with Crippen molar-refractivity contribution >= 4 is 18.3 Å². The second kappa shape index (κ2) is 5.49. The number of pyridine rings is 1. The minimum atomic E-state index is -4.48. The molecule has 1 aliphatic heterocycles. The van der Waals surface area contributed by atoms with Gasteiger partial charge in [0.05, 0.1) is 12.6 Å². The summed E-state index contributed by atoms with van der Waals surface area (Å²) in [6.45, 7) is 1.90. The first-order valence-electron chi connectivity index (χ1n) is 5.65. The zero-order valence-electron chi connectivity index (χ0n) is 10.3. The summed E-state index contributed by atoms with van der Waals surface area (Å²) in [6, 6.07) is 1.74. The predicted molar refractivity (Wildman–Crippen MR) is 64.8 cm³/mol. The third kappa shape index (κ3) is 2.98. The van der Waals surface area contributed by atoms with Crippen LogP contribution < -0.4 is 0 Å². The first-order valence-corrected chi connectivity index (χ1v) is 6.35. The average molecular weight is 308 g/mol. The number of carbonyl (C=O) groups is 1. The molecule has 2 atom stereocenters. The van der Waals surface area contributed by atoms with Gasteiger partial charge in [-0.2, -0.15) is 13.2 Å². The number of hydrogen-bond donors (Lipinski definition) is 1. The van der Waals surface area contributed by atoms with Crippen molar-refractivity contribution in [2.24, 2.45) is 0 Å². The molecule has 2 heterocycles. The van der Waals surface area contributed by atoms with E-state index in [0.717, 1.165) is 28.8 Å². The molecule has 0 aliphatic carbocycles. The molecule has 1 aliphatic rings. The van der Waals surface area contributed by atoms with Gasteiger partial charge in [0.25, 0.3) is 0 Å². The average Bonchev–Trinajstić information content (AvgIpc) is 2.86. The molecule has 20 heavy (non-hydrogen) atoms. The molecule has 1 amide bonds. The Labute approximate surface area is 117 Å². The lowest BCUT2D eigenvalue weighted by atomic mass is 9.95. The molecule has 1 N–H and O–H groups in total. The van der Waals surface area contributed by atoms with Crippen molar-refractivity contribution in [2.75, 3.05) is 6.61 Å². The normalized spacial score (nSPS) is 21.0. The van der Waals surface area contributed by atoms with Gasteiger partial charge in [0.15, 0.2) is 0 Å². The van der Waals surface area contributed by atoms with E-state index in [1.807, 2.05) is 0 Å². The highest BCUT2D eigenvalue weighted by atomic mass is 32.2. The van der Waals surface area contributed by atoms with Crippen LogP contribution in [-0.2, 0) is 10.4 Å². The molecule has 5 nitrogen and oxygen atoms in total. The summed E-state index contributed by atoms with van der Waals surface area (Å²) in [5, 5.41) is 8.99. The van der Waals surface area contributed by atoms with Crippen LogP contribution >= 0.6 is 12.2 Å². The fourth-order valence-corrected chi connectivity index (χ4v) is 2.60. The van der Waals surface area contributed by atoms with Gasteiger partial charge in [0, 0.05) is 12.1 Å². The lowest BCUT2D eigenvalue weighted by Crippen LogP contribution is -2.35. The van der Waals surface area contributed by atoms with Gasteiger partial charge in [0.2, 0.25) is 0 Å². The van der Waals surface area contributed by atoms with Crippen LogP contribution in [0, 0.1) is 0 Å². The van der Waals surface area contributed by atoms with E-state index in [0.29, 0.717) is 5.56 Å². The van der Waals surface area contributed by atoms with Crippen LogP contribution in [0.15, 0.2) is 18.3 Å². The summed E-state index contributed by atoms with van der Waals surface area (Å²) in [7, 11) is 0. The lowest BCUT2D eigenvalue weighted by molar-refractivity contribution is -0.141. The summed E-state index contributed by atoms with van der Waals surface area (Å²) in [5.41, 5.74) is -0.444. The van der Waals surface area contributed by atoms with E-state index in [9.17, 15) is 18.0 Å². The Kier molecular flexibility index (Phi) is 4.09. The number of nitrogens with zero attached hydrogens (tertiary/aromatic N) is 2. The van der Waals surface area contributed by atoms with Crippen LogP contribution in [0.1, 0.15) is 24.1 Å². The third-order valence-corrected chi connectivity index (χ3v) is 3.87. The number of amides is 1. The van der Waals surface area contributed by atoms with Crippen molar-refractivity contribution in [3.8, 4) is 0 Å². The Bertz CT molecular complexity index is 495. The lowest BCUT2D eigenvalue weighted by Gasteiger charge is -2.23. The number of halogens is 3.